The monoisotopic (exact) mass is 275 g/mol. The van der Waals surface area contributed by atoms with Gasteiger partial charge in [0.15, 0.2) is 5.11 Å². The molecule has 0 aliphatic carbocycles. The number of hydrogen-bond donors (Lipinski definition) is 2. The van der Waals surface area contributed by atoms with E-state index < -0.39 is 0 Å². The molecule has 14 heavy (non-hydrogen) atoms. The first-order valence-electron chi connectivity index (χ1n) is 3.64. The van der Waals surface area contributed by atoms with Gasteiger partial charge in [-0.05, 0) is 34.2 Å². The van der Waals surface area contributed by atoms with Crippen molar-refractivity contribution in [2.45, 2.75) is 0 Å². The molecule has 1 aromatic rings. The average Bonchev–Trinajstić information content (AvgIpc) is 2.12. The van der Waals surface area contributed by atoms with Crippen molar-refractivity contribution in [2.24, 2.45) is 10.8 Å². The second kappa shape index (κ2) is 5.02. The van der Waals surface area contributed by atoms with Gasteiger partial charge in [-0.25, -0.2) is 4.39 Å². The Hall–Kier alpha value is -1.01. The van der Waals surface area contributed by atoms with Gasteiger partial charge in [0.25, 0.3) is 0 Å². The Balaban J connectivity index is 2.81. The molecule has 0 heterocycles. The van der Waals surface area contributed by atoms with E-state index in [4.69, 9.17) is 5.73 Å². The van der Waals surface area contributed by atoms with Gasteiger partial charge in [-0.1, -0.05) is 12.1 Å². The van der Waals surface area contributed by atoms with Gasteiger partial charge in [0.2, 0.25) is 0 Å². The molecule has 3 N–H and O–H groups in total. The topological polar surface area (TPSA) is 50.4 Å². The fourth-order valence-corrected chi connectivity index (χ4v) is 1.21. The number of halogens is 2. The SMILES string of the molecule is NC(=S)NN=Cc1cccc(F)c1Br. The first kappa shape index (κ1) is 11.1. The number of hydrazone groups is 1. The third kappa shape index (κ3) is 3.04. The summed E-state index contributed by atoms with van der Waals surface area (Å²) in [5.74, 6) is -0.343. The lowest BCUT2D eigenvalue weighted by Gasteiger charge is -1.99. The van der Waals surface area contributed by atoms with Gasteiger partial charge in [-0.3, -0.25) is 5.43 Å². The zero-order valence-corrected chi connectivity index (χ0v) is 9.40. The molecule has 0 radical (unpaired) electrons. The van der Waals surface area contributed by atoms with Gasteiger partial charge in [0.05, 0.1) is 10.7 Å². The fraction of sp³-hybridized carbons (Fsp3) is 0. The highest BCUT2D eigenvalue weighted by Crippen LogP contribution is 2.18. The predicted octanol–water partition coefficient (Wildman–Crippen LogP) is 1.76. The molecule has 1 rings (SSSR count). The molecule has 0 atom stereocenters. The van der Waals surface area contributed by atoms with E-state index in [-0.39, 0.29) is 10.9 Å². The molecule has 1 aromatic carbocycles. The first-order chi connectivity index (χ1) is 6.61. The maximum Gasteiger partial charge on any atom is 0.184 e. The lowest BCUT2D eigenvalue weighted by Crippen LogP contribution is -2.24. The van der Waals surface area contributed by atoms with Crippen LogP contribution in [-0.2, 0) is 0 Å². The van der Waals surface area contributed by atoms with Crippen LogP contribution in [0, 0.1) is 5.82 Å². The van der Waals surface area contributed by atoms with Crippen molar-refractivity contribution >= 4 is 39.5 Å². The average molecular weight is 276 g/mol. The molecule has 74 valence electrons. The van der Waals surface area contributed by atoms with Crippen LogP contribution in [0.3, 0.4) is 0 Å². The summed E-state index contributed by atoms with van der Waals surface area (Å²) in [6.07, 6.45) is 1.42. The largest absolute Gasteiger partial charge is 0.375 e. The highest BCUT2D eigenvalue weighted by molar-refractivity contribution is 9.10. The number of benzene rings is 1. The van der Waals surface area contributed by atoms with Crippen LogP contribution in [0.4, 0.5) is 4.39 Å². The minimum Gasteiger partial charge on any atom is -0.375 e. The molecular formula is C8H7BrFN3S. The lowest BCUT2D eigenvalue weighted by molar-refractivity contribution is 0.621. The van der Waals surface area contributed by atoms with Gasteiger partial charge < -0.3 is 5.73 Å². The van der Waals surface area contributed by atoms with Gasteiger partial charge in [0.1, 0.15) is 5.82 Å². The predicted molar refractivity (Wildman–Crippen MR) is 61.6 cm³/mol. The summed E-state index contributed by atoms with van der Waals surface area (Å²) in [7, 11) is 0. The second-order valence-corrected chi connectivity index (χ2v) is 3.61. The quantitative estimate of drug-likeness (QED) is 0.491. The van der Waals surface area contributed by atoms with Gasteiger partial charge in [-0.2, -0.15) is 5.10 Å². The summed E-state index contributed by atoms with van der Waals surface area (Å²) >= 11 is 7.63. The van der Waals surface area contributed by atoms with E-state index in [1.165, 1.54) is 12.3 Å². The summed E-state index contributed by atoms with van der Waals surface area (Å²) in [6, 6.07) is 4.64. The molecule has 0 unspecified atom stereocenters. The van der Waals surface area contributed by atoms with Crippen LogP contribution >= 0.6 is 28.1 Å². The zero-order valence-electron chi connectivity index (χ0n) is 7.00. The van der Waals surface area contributed by atoms with Crippen LogP contribution in [0.15, 0.2) is 27.8 Å². The molecule has 0 aromatic heterocycles. The Labute approximate surface area is 94.3 Å². The third-order valence-electron chi connectivity index (χ3n) is 1.36. The summed E-state index contributed by atoms with van der Waals surface area (Å²) in [5.41, 5.74) is 8.13. The van der Waals surface area contributed by atoms with Crippen molar-refractivity contribution in [2.75, 3.05) is 0 Å². The van der Waals surface area contributed by atoms with Crippen molar-refractivity contribution in [3.05, 3.63) is 34.1 Å². The number of rotatable bonds is 2. The highest BCUT2D eigenvalue weighted by atomic mass is 79.9. The van der Waals surface area contributed by atoms with E-state index in [9.17, 15) is 4.39 Å². The second-order valence-electron chi connectivity index (χ2n) is 2.38. The van der Waals surface area contributed by atoms with Crippen LogP contribution in [0.1, 0.15) is 5.56 Å². The summed E-state index contributed by atoms with van der Waals surface area (Å²) in [4.78, 5) is 0. The zero-order chi connectivity index (χ0) is 10.6. The van der Waals surface area contributed by atoms with Crippen molar-refractivity contribution in [3.8, 4) is 0 Å². The van der Waals surface area contributed by atoms with Gasteiger partial charge in [-0.15, -0.1) is 0 Å². The van der Waals surface area contributed by atoms with E-state index in [1.54, 1.807) is 12.1 Å². The maximum absolute atomic E-state index is 13.0. The standard InChI is InChI=1S/C8H7BrFN3S/c9-7-5(2-1-3-6(7)10)4-12-13-8(11)14/h1-4H,(H3,11,13,14). The van der Waals surface area contributed by atoms with Crippen molar-refractivity contribution in [3.63, 3.8) is 0 Å². The molecule has 0 amide bonds. The molecule has 0 aliphatic heterocycles. The smallest absolute Gasteiger partial charge is 0.184 e. The van der Waals surface area contributed by atoms with Crippen molar-refractivity contribution in [1.29, 1.82) is 0 Å². The number of nitrogens with zero attached hydrogens (tertiary/aromatic N) is 1. The Morgan fingerprint density at radius 2 is 2.36 bits per heavy atom. The fourth-order valence-electron chi connectivity index (χ4n) is 0.786. The Morgan fingerprint density at radius 3 is 3.00 bits per heavy atom. The summed E-state index contributed by atoms with van der Waals surface area (Å²) in [5, 5.41) is 3.77. The number of nitrogens with two attached hydrogens (primary N) is 1. The lowest BCUT2D eigenvalue weighted by atomic mass is 10.2. The molecule has 6 heteroatoms. The van der Waals surface area contributed by atoms with Crippen molar-refractivity contribution < 1.29 is 4.39 Å². The molecule has 0 fully saturated rings. The molecule has 0 bridgehead atoms. The first-order valence-corrected chi connectivity index (χ1v) is 4.84. The number of nitrogens with one attached hydrogen (secondary N) is 1. The van der Waals surface area contributed by atoms with E-state index in [2.05, 4.69) is 38.7 Å². The third-order valence-corrected chi connectivity index (χ3v) is 2.29. The summed E-state index contributed by atoms with van der Waals surface area (Å²) in [6.45, 7) is 0. The molecule has 0 spiro atoms. The van der Waals surface area contributed by atoms with Crippen LogP contribution in [-0.4, -0.2) is 11.3 Å². The van der Waals surface area contributed by atoms with Crippen LogP contribution in [0.2, 0.25) is 0 Å². The Kier molecular flexibility index (Phi) is 3.97. The van der Waals surface area contributed by atoms with Crippen LogP contribution in [0.25, 0.3) is 0 Å². The van der Waals surface area contributed by atoms with E-state index >= 15 is 0 Å². The minimum absolute atomic E-state index is 0.0637. The molecule has 0 saturated carbocycles. The maximum atomic E-state index is 13.0. The van der Waals surface area contributed by atoms with E-state index in [0.717, 1.165) is 0 Å². The molecule has 0 aliphatic rings. The molecule has 3 nitrogen and oxygen atoms in total. The highest BCUT2D eigenvalue weighted by Gasteiger charge is 2.01. The molecular weight excluding hydrogens is 269 g/mol. The number of hydrogen-bond acceptors (Lipinski definition) is 2. The Bertz CT molecular complexity index is 381. The molecule has 0 saturated heterocycles. The van der Waals surface area contributed by atoms with Crippen LogP contribution in [0.5, 0.6) is 0 Å². The van der Waals surface area contributed by atoms with Crippen molar-refractivity contribution in [1.82, 2.24) is 5.43 Å². The minimum atomic E-state index is -0.343. The van der Waals surface area contributed by atoms with E-state index in [1.807, 2.05) is 0 Å². The Morgan fingerprint density at radius 1 is 1.64 bits per heavy atom. The van der Waals surface area contributed by atoms with Gasteiger partial charge in [0, 0.05) is 5.56 Å². The summed E-state index contributed by atoms with van der Waals surface area (Å²) < 4.78 is 13.3. The van der Waals surface area contributed by atoms with E-state index in [0.29, 0.717) is 10.0 Å². The normalized spacial score (nSPS) is 10.4. The number of thiocarbonyl (C=S) groups is 1. The van der Waals surface area contributed by atoms with Gasteiger partial charge >= 0.3 is 0 Å². The van der Waals surface area contributed by atoms with Crippen LogP contribution < -0.4 is 11.2 Å².